The molecule has 1 aromatic carbocycles. The van der Waals surface area contributed by atoms with Crippen molar-refractivity contribution in [3.63, 3.8) is 0 Å². The zero-order valence-corrected chi connectivity index (χ0v) is 8.98. The van der Waals surface area contributed by atoms with Gasteiger partial charge in [0.1, 0.15) is 0 Å². The molecule has 1 aromatic heterocycles. The number of aromatic nitrogens is 1. The van der Waals surface area contributed by atoms with Crippen LogP contribution in [0.3, 0.4) is 0 Å². The molecule has 0 unspecified atom stereocenters. The number of benzene rings is 1. The number of fused-ring (bicyclic) bond motifs is 1. The van der Waals surface area contributed by atoms with Crippen LogP contribution in [0.25, 0.3) is 10.2 Å². The third-order valence-electron chi connectivity index (χ3n) is 1.63. The molecule has 3 heteroatoms. The van der Waals surface area contributed by atoms with Crippen LogP contribution in [-0.4, -0.2) is 4.98 Å². The van der Waals surface area contributed by atoms with Crippen LogP contribution in [0.2, 0.25) is 0 Å². The van der Waals surface area contributed by atoms with Crippen LogP contribution >= 0.6 is 11.3 Å². The molecule has 2 N–H and O–H groups in total. The highest BCUT2D eigenvalue weighted by Gasteiger charge is 2.01. The van der Waals surface area contributed by atoms with Crippen LogP contribution in [0, 0.1) is 6.92 Å². The fourth-order valence-corrected chi connectivity index (χ4v) is 1.90. The van der Waals surface area contributed by atoms with Gasteiger partial charge in [-0.05, 0) is 18.6 Å². The normalized spacial score (nSPS) is 9.46. The maximum atomic E-state index is 5.57. The average Bonchev–Trinajstić information content (AvgIpc) is 2.51. The quantitative estimate of drug-likeness (QED) is 0.699. The smallest absolute Gasteiger partial charge is 0.181 e. The lowest BCUT2D eigenvalue weighted by atomic mass is 10.2. The lowest BCUT2D eigenvalue weighted by Gasteiger charge is -1.89. The molecule has 1 heterocycles. The maximum absolute atomic E-state index is 5.57. The monoisotopic (exact) mass is 194 g/mol. The molecule has 13 heavy (non-hydrogen) atoms. The first-order valence-corrected chi connectivity index (χ1v) is 5.20. The van der Waals surface area contributed by atoms with Gasteiger partial charge in [0.05, 0.1) is 10.2 Å². The van der Waals surface area contributed by atoms with Crippen molar-refractivity contribution in [2.24, 2.45) is 0 Å². The lowest BCUT2D eigenvalue weighted by Crippen LogP contribution is -1.78. The number of hydrogen-bond acceptors (Lipinski definition) is 3. The standard InChI is InChI=1S/C8H8N2S.C2H6/c1-5-3-2-4-6-7(5)11-8(9)10-6;1-2/h2-4H,1H3,(H2,9,10);1-2H3. The van der Waals surface area contributed by atoms with Gasteiger partial charge in [-0.25, -0.2) is 4.98 Å². The molecule has 0 aliphatic heterocycles. The van der Waals surface area contributed by atoms with E-state index in [0.717, 1.165) is 5.52 Å². The van der Waals surface area contributed by atoms with E-state index in [4.69, 9.17) is 5.73 Å². The Balaban J connectivity index is 0.000000396. The zero-order valence-electron chi connectivity index (χ0n) is 8.16. The van der Waals surface area contributed by atoms with E-state index in [1.54, 1.807) is 11.3 Å². The summed E-state index contributed by atoms with van der Waals surface area (Å²) in [6.45, 7) is 6.07. The molecule has 70 valence electrons. The van der Waals surface area contributed by atoms with Gasteiger partial charge in [0.15, 0.2) is 5.13 Å². The number of rotatable bonds is 0. The fourth-order valence-electron chi connectivity index (χ4n) is 1.10. The first kappa shape index (κ1) is 9.99. The summed E-state index contributed by atoms with van der Waals surface area (Å²) in [7, 11) is 0. The second-order valence-corrected chi connectivity index (χ2v) is 3.51. The van der Waals surface area contributed by atoms with Crippen LogP contribution in [0.15, 0.2) is 18.2 Å². The Morgan fingerprint density at radius 3 is 2.62 bits per heavy atom. The number of thiazole rings is 1. The van der Waals surface area contributed by atoms with E-state index in [-0.39, 0.29) is 0 Å². The summed E-state index contributed by atoms with van der Waals surface area (Å²) < 4.78 is 1.20. The van der Waals surface area contributed by atoms with E-state index < -0.39 is 0 Å². The maximum Gasteiger partial charge on any atom is 0.181 e. The number of nitrogens with zero attached hydrogens (tertiary/aromatic N) is 1. The van der Waals surface area contributed by atoms with Crippen LogP contribution < -0.4 is 5.73 Å². The van der Waals surface area contributed by atoms with Gasteiger partial charge in [-0.3, -0.25) is 0 Å². The van der Waals surface area contributed by atoms with E-state index in [2.05, 4.69) is 18.0 Å². The minimum atomic E-state index is 0.648. The molecule has 0 spiro atoms. The van der Waals surface area contributed by atoms with E-state index in [9.17, 15) is 0 Å². The third kappa shape index (κ3) is 1.98. The Morgan fingerprint density at radius 2 is 2.00 bits per heavy atom. The van der Waals surface area contributed by atoms with Crippen molar-refractivity contribution >= 4 is 26.7 Å². The first-order chi connectivity index (χ1) is 6.27. The fraction of sp³-hybridized carbons (Fsp3) is 0.300. The topological polar surface area (TPSA) is 38.9 Å². The van der Waals surface area contributed by atoms with Crippen LogP contribution in [0.4, 0.5) is 5.13 Å². The predicted molar refractivity (Wildman–Crippen MR) is 60.1 cm³/mol. The minimum absolute atomic E-state index is 0.648. The van der Waals surface area contributed by atoms with Gasteiger partial charge in [-0.2, -0.15) is 0 Å². The molecule has 0 bridgehead atoms. The summed E-state index contributed by atoms with van der Waals surface area (Å²) in [6.07, 6.45) is 0. The second-order valence-electron chi connectivity index (χ2n) is 2.48. The Morgan fingerprint density at radius 1 is 1.31 bits per heavy atom. The number of nitrogen functional groups attached to an aromatic ring is 1. The highest BCUT2D eigenvalue weighted by Crippen LogP contribution is 2.25. The van der Waals surface area contributed by atoms with Crippen LogP contribution in [-0.2, 0) is 0 Å². The molecule has 0 saturated heterocycles. The molecule has 0 aliphatic rings. The summed E-state index contributed by atoms with van der Waals surface area (Å²) in [6, 6.07) is 6.05. The van der Waals surface area contributed by atoms with Gasteiger partial charge in [0.25, 0.3) is 0 Å². The van der Waals surface area contributed by atoms with Crippen molar-refractivity contribution in [1.29, 1.82) is 0 Å². The summed E-state index contributed by atoms with van der Waals surface area (Å²) in [5.74, 6) is 0. The molecule has 0 saturated carbocycles. The Kier molecular flexibility index (Phi) is 3.25. The van der Waals surface area contributed by atoms with E-state index in [1.165, 1.54) is 10.3 Å². The summed E-state index contributed by atoms with van der Waals surface area (Å²) in [4.78, 5) is 4.17. The molecular formula is C10H14N2S. The van der Waals surface area contributed by atoms with Crippen molar-refractivity contribution in [2.45, 2.75) is 20.8 Å². The summed E-state index contributed by atoms with van der Waals surface area (Å²) >= 11 is 1.55. The number of nitrogens with two attached hydrogens (primary N) is 1. The van der Waals surface area contributed by atoms with E-state index >= 15 is 0 Å². The van der Waals surface area contributed by atoms with Crippen LogP contribution in [0.5, 0.6) is 0 Å². The van der Waals surface area contributed by atoms with Gasteiger partial charge in [0, 0.05) is 0 Å². The number of hydrogen-bond donors (Lipinski definition) is 1. The molecule has 0 atom stereocenters. The van der Waals surface area contributed by atoms with Crippen molar-refractivity contribution in [3.8, 4) is 0 Å². The lowest BCUT2D eigenvalue weighted by molar-refractivity contribution is 1.47. The Labute approximate surface area is 82.4 Å². The molecule has 0 radical (unpaired) electrons. The minimum Gasteiger partial charge on any atom is -0.375 e. The average molecular weight is 194 g/mol. The van der Waals surface area contributed by atoms with Crippen molar-refractivity contribution < 1.29 is 0 Å². The van der Waals surface area contributed by atoms with E-state index in [1.807, 2.05) is 26.0 Å². The summed E-state index contributed by atoms with van der Waals surface area (Å²) in [5.41, 5.74) is 7.82. The highest BCUT2D eigenvalue weighted by atomic mass is 32.1. The number of aryl methyl sites for hydroxylation is 1. The second kappa shape index (κ2) is 4.23. The predicted octanol–water partition coefficient (Wildman–Crippen LogP) is 3.21. The zero-order chi connectivity index (χ0) is 9.84. The van der Waals surface area contributed by atoms with Crippen molar-refractivity contribution in [1.82, 2.24) is 4.98 Å². The Hall–Kier alpha value is -1.09. The van der Waals surface area contributed by atoms with E-state index in [0.29, 0.717) is 5.13 Å². The third-order valence-corrected chi connectivity index (χ3v) is 2.66. The number of anilines is 1. The highest BCUT2D eigenvalue weighted by molar-refractivity contribution is 7.22. The SMILES string of the molecule is CC.Cc1cccc2nc(N)sc12. The van der Waals surface area contributed by atoms with Gasteiger partial charge in [-0.1, -0.05) is 37.3 Å². The molecule has 0 fully saturated rings. The van der Waals surface area contributed by atoms with Gasteiger partial charge in [-0.15, -0.1) is 0 Å². The molecule has 0 aliphatic carbocycles. The van der Waals surface area contributed by atoms with Crippen LogP contribution in [0.1, 0.15) is 19.4 Å². The molecule has 2 aromatic rings. The van der Waals surface area contributed by atoms with Gasteiger partial charge >= 0.3 is 0 Å². The molecular weight excluding hydrogens is 180 g/mol. The molecule has 2 nitrogen and oxygen atoms in total. The first-order valence-electron chi connectivity index (χ1n) is 4.39. The largest absolute Gasteiger partial charge is 0.375 e. The summed E-state index contributed by atoms with van der Waals surface area (Å²) in [5, 5.41) is 0.648. The van der Waals surface area contributed by atoms with Gasteiger partial charge < -0.3 is 5.73 Å². The Bertz CT molecular complexity index is 393. The van der Waals surface area contributed by atoms with Crippen molar-refractivity contribution in [3.05, 3.63) is 23.8 Å². The van der Waals surface area contributed by atoms with Gasteiger partial charge in [0.2, 0.25) is 0 Å². The van der Waals surface area contributed by atoms with Crippen molar-refractivity contribution in [2.75, 3.05) is 5.73 Å². The molecule has 0 amide bonds. The molecule has 2 rings (SSSR count).